The molecule has 0 aromatic carbocycles. The molecule has 4 heteroatoms. The van der Waals surface area contributed by atoms with Crippen molar-refractivity contribution in [2.24, 2.45) is 11.8 Å². The summed E-state index contributed by atoms with van der Waals surface area (Å²) < 4.78 is 0. The van der Waals surface area contributed by atoms with Crippen molar-refractivity contribution in [3.8, 4) is 0 Å². The molecular weight excluding hydrogens is 264 g/mol. The molecule has 0 bridgehead atoms. The standard InChI is InChI=1S/C17H28N2O2/c1-10(2)8-19(9-11(3)4)17(21)16-12(5)15(14(7)20)13(6)18-16/h10-11,18H,8-9H2,1-7H3. The summed E-state index contributed by atoms with van der Waals surface area (Å²) in [5.41, 5.74) is 2.74. The van der Waals surface area contributed by atoms with Crippen molar-refractivity contribution >= 4 is 11.7 Å². The molecule has 1 N–H and O–H groups in total. The highest BCUT2D eigenvalue weighted by molar-refractivity contribution is 6.02. The summed E-state index contributed by atoms with van der Waals surface area (Å²) in [6.07, 6.45) is 0. The second-order valence-electron chi connectivity index (χ2n) is 6.68. The zero-order valence-corrected chi connectivity index (χ0v) is 14.3. The largest absolute Gasteiger partial charge is 0.354 e. The van der Waals surface area contributed by atoms with Gasteiger partial charge in [-0.1, -0.05) is 27.7 Å². The lowest BCUT2D eigenvalue weighted by Crippen LogP contribution is -2.37. The molecular formula is C17H28N2O2. The third-order valence-electron chi connectivity index (χ3n) is 3.46. The second-order valence-corrected chi connectivity index (χ2v) is 6.68. The van der Waals surface area contributed by atoms with Gasteiger partial charge in [0, 0.05) is 24.3 Å². The molecule has 0 saturated heterocycles. The zero-order valence-electron chi connectivity index (χ0n) is 14.3. The molecule has 4 nitrogen and oxygen atoms in total. The Kier molecular flexibility index (Phi) is 5.76. The number of aromatic amines is 1. The number of hydrogen-bond acceptors (Lipinski definition) is 2. The lowest BCUT2D eigenvalue weighted by molar-refractivity contribution is 0.0709. The van der Waals surface area contributed by atoms with Crippen LogP contribution in [0.25, 0.3) is 0 Å². The van der Waals surface area contributed by atoms with E-state index in [4.69, 9.17) is 0 Å². The van der Waals surface area contributed by atoms with E-state index in [1.54, 1.807) is 0 Å². The molecule has 118 valence electrons. The number of carbonyl (C=O) groups excluding carboxylic acids is 2. The highest BCUT2D eigenvalue weighted by Gasteiger charge is 2.24. The Morgan fingerprint density at radius 1 is 1.05 bits per heavy atom. The summed E-state index contributed by atoms with van der Waals surface area (Å²) in [6, 6.07) is 0. The summed E-state index contributed by atoms with van der Waals surface area (Å²) in [6.45, 7) is 15.1. The number of ketones is 1. The third-order valence-corrected chi connectivity index (χ3v) is 3.46. The summed E-state index contributed by atoms with van der Waals surface area (Å²) in [5, 5.41) is 0. The first-order valence-electron chi connectivity index (χ1n) is 7.64. The van der Waals surface area contributed by atoms with Crippen LogP contribution in [-0.2, 0) is 0 Å². The van der Waals surface area contributed by atoms with Crippen molar-refractivity contribution in [2.45, 2.75) is 48.5 Å². The number of Topliss-reactive ketones (excluding diaryl/α,β-unsaturated/α-hetero) is 1. The first kappa shape index (κ1) is 17.5. The van der Waals surface area contributed by atoms with Gasteiger partial charge >= 0.3 is 0 Å². The third kappa shape index (κ3) is 4.19. The number of hydrogen-bond donors (Lipinski definition) is 1. The molecule has 0 radical (unpaired) electrons. The van der Waals surface area contributed by atoms with Crippen molar-refractivity contribution in [3.63, 3.8) is 0 Å². The average molecular weight is 292 g/mol. The summed E-state index contributed by atoms with van der Waals surface area (Å²) in [4.78, 5) is 29.5. The number of nitrogens with one attached hydrogen (secondary N) is 1. The molecule has 0 saturated carbocycles. The maximum atomic E-state index is 12.8. The van der Waals surface area contributed by atoms with Crippen LogP contribution in [0.4, 0.5) is 0 Å². The van der Waals surface area contributed by atoms with E-state index in [1.165, 1.54) is 6.92 Å². The van der Waals surface area contributed by atoms with Crippen molar-refractivity contribution < 1.29 is 9.59 Å². The van der Waals surface area contributed by atoms with Gasteiger partial charge in [0.25, 0.3) is 5.91 Å². The molecule has 0 aliphatic heterocycles. The fourth-order valence-electron chi connectivity index (χ4n) is 2.77. The van der Waals surface area contributed by atoms with Gasteiger partial charge in [-0.2, -0.15) is 0 Å². The highest BCUT2D eigenvalue weighted by Crippen LogP contribution is 2.20. The number of H-pyrrole nitrogens is 1. The predicted molar refractivity (Wildman–Crippen MR) is 85.9 cm³/mol. The maximum absolute atomic E-state index is 12.8. The minimum atomic E-state index is -0.00880. The average Bonchev–Trinajstić information content (AvgIpc) is 2.61. The molecule has 0 aliphatic carbocycles. The molecule has 21 heavy (non-hydrogen) atoms. The molecule has 1 amide bonds. The van der Waals surface area contributed by atoms with Gasteiger partial charge in [-0.05, 0) is 38.2 Å². The molecule has 1 rings (SSSR count). The van der Waals surface area contributed by atoms with Gasteiger partial charge in [0.05, 0.1) is 0 Å². The minimum absolute atomic E-state index is 0.000399. The number of aryl methyl sites for hydroxylation is 1. The Morgan fingerprint density at radius 3 is 1.86 bits per heavy atom. The van der Waals surface area contributed by atoms with Crippen LogP contribution in [0, 0.1) is 25.7 Å². The molecule has 0 spiro atoms. The molecule has 0 unspecified atom stereocenters. The SMILES string of the molecule is CC(=O)c1c(C)[nH]c(C(=O)N(CC(C)C)CC(C)C)c1C. The summed E-state index contributed by atoms with van der Waals surface area (Å²) >= 11 is 0. The van der Waals surface area contributed by atoms with E-state index in [0.717, 1.165) is 24.3 Å². The van der Waals surface area contributed by atoms with Crippen LogP contribution in [-0.4, -0.2) is 34.7 Å². The van der Waals surface area contributed by atoms with E-state index in [9.17, 15) is 9.59 Å². The van der Waals surface area contributed by atoms with Crippen molar-refractivity contribution in [1.82, 2.24) is 9.88 Å². The van der Waals surface area contributed by atoms with Gasteiger partial charge < -0.3 is 9.88 Å². The van der Waals surface area contributed by atoms with Crippen molar-refractivity contribution in [3.05, 3.63) is 22.5 Å². The summed E-state index contributed by atoms with van der Waals surface area (Å²) in [7, 11) is 0. The van der Waals surface area contributed by atoms with Gasteiger partial charge in [-0.25, -0.2) is 0 Å². The number of rotatable bonds is 6. The van der Waals surface area contributed by atoms with Crippen molar-refractivity contribution in [2.75, 3.05) is 13.1 Å². The van der Waals surface area contributed by atoms with Gasteiger partial charge in [0.15, 0.2) is 5.78 Å². The monoisotopic (exact) mass is 292 g/mol. The van der Waals surface area contributed by atoms with Crippen LogP contribution < -0.4 is 0 Å². The molecule has 0 atom stereocenters. The van der Waals surface area contributed by atoms with Crippen LogP contribution in [0.15, 0.2) is 0 Å². The molecule has 0 aliphatic rings. The van der Waals surface area contributed by atoms with Crippen LogP contribution in [0.5, 0.6) is 0 Å². The van der Waals surface area contributed by atoms with Crippen LogP contribution in [0.3, 0.4) is 0 Å². The zero-order chi connectivity index (χ0) is 16.3. The van der Waals surface area contributed by atoms with Gasteiger partial charge in [-0.15, -0.1) is 0 Å². The quantitative estimate of drug-likeness (QED) is 0.815. The van der Waals surface area contributed by atoms with E-state index < -0.39 is 0 Å². The fraction of sp³-hybridized carbons (Fsp3) is 0.647. The van der Waals surface area contributed by atoms with Gasteiger partial charge in [0.1, 0.15) is 5.69 Å². The number of nitrogens with zero attached hydrogens (tertiary/aromatic N) is 1. The molecule has 1 heterocycles. The Bertz CT molecular complexity index is 517. The fourth-order valence-corrected chi connectivity index (χ4v) is 2.77. The van der Waals surface area contributed by atoms with E-state index >= 15 is 0 Å². The molecule has 0 fully saturated rings. The lowest BCUT2D eigenvalue weighted by Gasteiger charge is -2.26. The normalized spacial score (nSPS) is 11.3. The van der Waals surface area contributed by atoms with Gasteiger partial charge in [0.2, 0.25) is 0 Å². The van der Waals surface area contributed by atoms with E-state index in [2.05, 4.69) is 32.7 Å². The molecule has 1 aromatic heterocycles. The maximum Gasteiger partial charge on any atom is 0.270 e. The van der Waals surface area contributed by atoms with Crippen LogP contribution >= 0.6 is 0 Å². The second kappa shape index (κ2) is 6.92. The van der Waals surface area contributed by atoms with E-state index in [1.807, 2.05) is 18.7 Å². The smallest absolute Gasteiger partial charge is 0.270 e. The van der Waals surface area contributed by atoms with Crippen LogP contribution in [0.1, 0.15) is 66.7 Å². The number of amides is 1. The van der Waals surface area contributed by atoms with Crippen molar-refractivity contribution in [1.29, 1.82) is 0 Å². The minimum Gasteiger partial charge on any atom is -0.354 e. The number of aromatic nitrogens is 1. The Labute approximate surface area is 127 Å². The van der Waals surface area contributed by atoms with E-state index in [0.29, 0.717) is 23.1 Å². The van der Waals surface area contributed by atoms with Crippen LogP contribution in [0.2, 0.25) is 0 Å². The predicted octanol–water partition coefficient (Wildman–Crippen LogP) is 3.59. The Hall–Kier alpha value is -1.58. The molecule has 1 aromatic rings. The topological polar surface area (TPSA) is 53.2 Å². The number of carbonyl (C=O) groups is 2. The first-order chi connectivity index (χ1) is 9.65. The first-order valence-corrected chi connectivity index (χ1v) is 7.64. The van der Waals surface area contributed by atoms with Gasteiger partial charge in [-0.3, -0.25) is 9.59 Å². The highest BCUT2D eigenvalue weighted by atomic mass is 16.2. The summed E-state index contributed by atoms with van der Waals surface area (Å²) in [5.74, 6) is 0.817. The van der Waals surface area contributed by atoms with E-state index in [-0.39, 0.29) is 11.7 Å². The lowest BCUT2D eigenvalue weighted by atomic mass is 10.1. The Balaban J connectivity index is 3.14. The Morgan fingerprint density at radius 2 is 1.52 bits per heavy atom.